The number of pyridine rings is 2. The molecule has 0 aliphatic carbocycles. The first-order valence-corrected chi connectivity index (χ1v) is 10.4. The third-order valence-electron chi connectivity index (χ3n) is 5.08. The lowest BCUT2D eigenvalue weighted by Crippen LogP contribution is -2.39. The van der Waals surface area contributed by atoms with Crippen LogP contribution < -0.4 is 0 Å². The SMILES string of the molecule is C=CCS(=O)(=O)C(C#N)N1CCC(c2nccc3cnc4[nH]ccc4c23)C1. The summed E-state index contributed by atoms with van der Waals surface area (Å²) in [6.07, 6.45) is 7.51. The lowest BCUT2D eigenvalue weighted by molar-refractivity contribution is 0.339. The van der Waals surface area contributed by atoms with Crippen LogP contribution in [0, 0.1) is 11.3 Å². The Hall–Kier alpha value is -2.76. The highest BCUT2D eigenvalue weighted by Gasteiger charge is 2.37. The van der Waals surface area contributed by atoms with Crippen LogP contribution in [-0.2, 0) is 9.84 Å². The number of aromatic nitrogens is 3. The number of aromatic amines is 1. The van der Waals surface area contributed by atoms with Gasteiger partial charge in [0.2, 0.25) is 5.37 Å². The highest BCUT2D eigenvalue weighted by molar-refractivity contribution is 7.92. The average molecular weight is 381 g/mol. The van der Waals surface area contributed by atoms with Gasteiger partial charge in [0, 0.05) is 53.8 Å². The number of nitrogens with zero attached hydrogens (tertiary/aromatic N) is 4. The van der Waals surface area contributed by atoms with Crippen LogP contribution in [-0.4, -0.2) is 52.5 Å². The van der Waals surface area contributed by atoms with Crippen LogP contribution in [0.1, 0.15) is 18.0 Å². The second-order valence-corrected chi connectivity index (χ2v) is 8.84. The zero-order valence-electron chi connectivity index (χ0n) is 14.7. The minimum Gasteiger partial charge on any atom is -0.346 e. The summed E-state index contributed by atoms with van der Waals surface area (Å²) in [5, 5.41) is 11.4. The fraction of sp³-hybridized carbons (Fsp3) is 0.316. The van der Waals surface area contributed by atoms with Crippen LogP contribution in [0.4, 0.5) is 0 Å². The monoisotopic (exact) mass is 381 g/mol. The number of hydrogen-bond acceptors (Lipinski definition) is 6. The second kappa shape index (κ2) is 6.76. The molecule has 0 saturated carbocycles. The van der Waals surface area contributed by atoms with E-state index in [0.717, 1.165) is 33.9 Å². The zero-order valence-corrected chi connectivity index (χ0v) is 15.5. The van der Waals surface area contributed by atoms with Crippen LogP contribution >= 0.6 is 0 Å². The predicted molar refractivity (Wildman–Crippen MR) is 104 cm³/mol. The van der Waals surface area contributed by atoms with Gasteiger partial charge in [0.1, 0.15) is 5.65 Å². The van der Waals surface area contributed by atoms with E-state index >= 15 is 0 Å². The first-order chi connectivity index (χ1) is 13.0. The molecule has 8 heteroatoms. The molecule has 1 aliphatic rings. The van der Waals surface area contributed by atoms with Crippen molar-refractivity contribution in [3.8, 4) is 6.07 Å². The number of nitrogens with one attached hydrogen (secondary N) is 1. The normalized spacial score (nSPS) is 19.3. The number of H-pyrrole nitrogens is 1. The lowest BCUT2D eigenvalue weighted by Gasteiger charge is -2.21. The standard InChI is InChI=1S/C19H19N5O2S/c1-2-9-27(25,26)16(10-20)24-8-5-14(12-24)18-17-13(3-6-21-18)11-23-19-15(17)4-7-22-19/h2-4,6-7,11,14,16H,1,5,8-9,12H2,(H,22,23). The Labute approximate surface area is 157 Å². The van der Waals surface area contributed by atoms with Crippen molar-refractivity contribution in [2.75, 3.05) is 18.8 Å². The maximum Gasteiger partial charge on any atom is 0.201 e. The van der Waals surface area contributed by atoms with Crippen molar-refractivity contribution in [2.45, 2.75) is 17.7 Å². The van der Waals surface area contributed by atoms with Gasteiger partial charge in [-0.15, -0.1) is 6.58 Å². The fourth-order valence-electron chi connectivity index (χ4n) is 3.88. The summed E-state index contributed by atoms with van der Waals surface area (Å²) in [6.45, 7) is 4.51. The minimum absolute atomic E-state index is 0.0592. The van der Waals surface area contributed by atoms with Gasteiger partial charge in [-0.3, -0.25) is 9.88 Å². The van der Waals surface area contributed by atoms with Crippen molar-refractivity contribution in [1.82, 2.24) is 19.9 Å². The molecule has 1 fully saturated rings. The number of rotatable bonds is 5. The van der Waals surface area contributed by atoms with E-state index in [1.165, 1.54) is 6.08 Å². The van der Waals surface area contributed by atoms with Crippen molar-refractivity contribution in [3.05, 3.63) is 49.1 Å². The van der Waals surface area contributed by atoms with E-state index in [-0.39, 0.29) is 11.7 Å². The molecule has 0 aromatic carbocycles. The molecule has 0 spiro atoms. The van der Waals surface area contributed by atoms with Gasteiger partial charge in [-0.2, -0.15) is 5.26 Å². The number of fused-ring (bicyclic) bond motifs is 3. The molecule has 4 rings (SSSR count). The van der Waals surface area contributed by atoms with Crippen LogP contribution in [0.5, 0.6) is 0 Å². The Morgan fingerprint density at radius 3 is 3.07 bits per heavy atom. The molecule has 27 heavy (non-hydrogen) atoms. The van der Waals surface area contributed by atoms with Crippen LogP contribution in [0.15, 0.2) is 43.4 Å². The Morgan fingerprint density at radius 1 is 1.44 bits per heavy atom. The van der Waals surface area contributed by atoms with E-state index in [9.17, 15) is 13.7 Å². The third kappa shape index (κ3) is 2.99. The van der Waals surface area contributed by atoms with Crippen LogP contribution in [0.2, 0.25) is 0 Å². The molecule has 7 nitrogen and oxygen atoms in total. The largest absolute Gasteiger partial charge is 0.346 e. The molecule has 4 heterocycles. The molecular weight excluding hydrogens is 362 g/mol. The minimum atomic E-state index is -3.57. The Bertz CT molecular complexity index is 1160. The molecule has 1 saturated heterocycles. The average Bonchev–Trinajstić information content (AvgIpc) is 3.31. The molecule has 1 N–H and O–H groups in total. The first-order valence-electron chi connectivity index (χ1n) is 8.72. The van der Waals surface area contributed by atoms with Gasteiger partial charge in [-0.1, -0.05) is 6.08 Å². The Morgan fingerprint density at radius 2 is 2.30 bits per heavy atom. The summed E-state index contributed by atoms with van der Waals surface area (Å²) < 4.78 is 24.8. The van der Waals surface area contributed by atoms with E-state index in [1.54, 1.807) is 11.1 Å². The lowest BCUT2D eigenvalue weighted by atomic mass is 9.97. The summed E-state index contributed by atoms with van der Waals surface area (Å²) in [7, 11) is -3.57. The number of hydrogen-bond donors (Lipinski definition) is 1. The van der Waals surface area contributed by atoms with Gasteiger partial charge >= 0.3 is 0 Å². The Balaban J connectivity index is 1.71. The molecule has 138 valence electrons. The predicted octanol–water partition coefficient (Wildman–Crippen LogP) is 2.35. The van der Waals surface area contributed by atoms with Crippen molar-refractivity contribution in [1.29, 1.82) is 5.26 Å². The number of likely N-dealkylation sites (tertiary alicyclic amines) is 1. The van der Waals surface area contributed by atoms with Gasteiger partial charge in [-0.25, -0.2) is 13.4 Å². The van der Waals surface area contributed by atoms with E-state index < -0.39 is 15.2 Å². The summed E-state index contributed by atoms with van der Waals surface area (Å²) in [4.78, 5) is 13.9. The highest BCUT2D eigenvalue weighted by atomic mass is 32.2. The van der Waals surface area contributed by atoms with Crippen molar-refractivity contribution >= 4 is 31.6 Å². The summed E-state index contributed by atoms with van der Waals surface area (Å²) in [6, 6.07) is 5.87. The van der Waals surface area contributed by atoms with E-state index in [0.29, 0.717) is 13.1 Å². The van der Waals surface area contributed by atoms with Gasteiger partial charge in [0.15, 0.2) is 9.84 Å². The maximum atomic E-state index is 12.4. The summed E-state index contributed by atoms with van der Waals surface area (Å²) >= 11 is 0. The summed E-state index contributed by atoms with van der Waals surface area (Å²) in [5.74, 6) is -0.141. The smallest absolute Gasteiger partial charge is 0.201 e. The maximum absolute atomic E-state index is 12.4. The molecule has 0 amide bonds. The van der Waals surface area contributed by atoms with E-state index in [4.69, 9.17) is 0 Å². The molecule has 0 bridgehead atoms. The van der Waals surface area contributed by atoms with Crippen molar-refractivity contribution in [3.63, 3.8) is 0 Å². The quantitative estimate of drug-likeness (QED) is 0.681. The van der Waals surface area contributed by atoms with Gasteiger partial charge in [0.05, 0.1) is 17.5 Å². The zero-order chi connectivity index (χ0) is 19.0. The second-order valence-electron chi connectivity index (χ2n) is 6.74. The molecule has 1 aliphatic heterocycles. The fourth-order valence-corrected chi connectivity index (χ4v) is 5.19. The molecule has 3 aromatic rings. The van der Waals surface area contributed by atoms with Gasteiger partial charge in [-0.05, 0) is 18.6 Å². The molecule has 0 radical (unpaired) electrons. The van der Waals surface area contributed by atoms with E-state index in [2.05, 4.69) is 21.5 Å². The summed E-state index contributed by atoms with van der Waals surface area (Å²) in [5.41, 5.74) is 1.73. The van der Waals surface area contributed by atoms with Crippen LogP contribution in [0.25, 0.3) is 21.8 Å². The molecule has 2 atom stereocenters. The number of nitriles is 1. The molecule has 3 aromatic heterocycles. The van der Waals surface area contributed by atoms with Gasteiger partial charge < -0.3 is 4.98 Å². The van der Waals surface area contributed by atoms with Crippen LogP contribution in [0.3, 0.4) is 0 Å². The Kier molecular flexibility index (Phi) is 4.42. The highest BCUT2D eigenvalue weighted by Crippen LogP contribution is 2.35. The van der Waals surface area contributed by atoms with Crippen molar-refractivity contribution in [2.24, 2.45) is 0 Å². The van der Waals surface area contributed by atoms with E-state index in [1.807, 2.05) is 30.6 Å². The topological polar surface area (TPSA) is 103 Å². The van der Waals surface area contributed by atoms with Crippen molar-refractivity contribution < 1.29 is 8.42 Å². The molecular formula is C19H19N5O2S. The molecule has 2 unspecified atom stereocenters. The first kappa shape index (κ1) is 17.6. The van der Waals surface area contributed by atoms with Gasteiger partial charge in [0.25, 0.3) is 0 Å². The number of sulfone groups is 1. The third-order valence-corrected chi connectivity index (χ3v) is 6.86.